The van der Waals surface area contributed by atoms with Gasteiger partial charge in [0.15, 0.2) is 0 Å². The number of rotatable bonds is 9. The number of nitrogens with one attached hydrogen (secondary N) is 1. The van der Waals surface area contributed by atoms with Gasteiger partial charge in [-0.05, 0) is 80.3 Å². The van der Waals surface area contributed by atoms with E-state index < -0.39 is 5.41 Å². The molecule has 1 aromatic heterocycles. The number of nitriles is 2. The molecule has 0 aliphatic carbocycles. The summed E-state index contributed by atoms with van der Waals surface area (Å²) in [5.74, 6) is 0.0546. The Bertz CT molecular complexity index is 1400. The van der Waals surface area contributed by atoms with Gasteiger partial charge in [0.25, 0.3) is 0 Å². The Labute approximate surface area is 223 Å². The first-order valence-electron chi connectivity index (χ1n) is 12.2. The van der Waals surface area contributed by atoms with E-state index in [1.165, 1.54) is 0 Å². The molecule has 7 heteroatoms. The highest BCUT2D eigenvalue weighted by atomic mass is 35.5. The largest absolute Gasteiger partial charge is 0.305 e. The van der Waals surface area contributed by atoms with Gasteiger partial charge in [0.1, 0.15) is 0 Å². The van der Waals surface area contributed by atoms with Gasteiger partial charge >= 0.3 is 0 Å². The number of hydrogen-bond acceptors (Lipinski definition) is 5. The normalized spacial score (nSPS) is 13.8. The predicted octanol–water partition coefficient (Wildman–Crippen LogP) is 6.39. The van der Waals surface area contributed by atoms with Crippen molar-refractivity contribution in [3.05, 3.63) is 112 Å². The molecule has 1 heterocycles. The third-order valence-electron chi connectivity index (χ3n) is 6.73. The lowest BCUT2D eigenvalue weighted by molar-refractivity contribution is 0.281. The average Bonchev–Trinajstić information content (AvgIpc) is 3.46. The summed E-state index contributed by atoms with van der Waals surface area (Å²) < 4.78 is 0. The number of hydrogen-bond donors (Lipinski definition) is 1. The molecule has 0 aliphatic heterocycles. The van der Waals surface area contributed by atoms with Crippen LogP contribution in [0.15, 0.2) is 85.2 Å². The van der Waals surface area contributed by atoms with Gasteiger partial charge < -0.3 is 5.32 Å². The molecule has 0 radical (unpaired) electrons. The highest BCUT2D eigenvalue weighted by Crippen LogP contribution is 2.36. The second kappa shape index (κ2) is 11.4. The lowest BCUT2D eigenvalue weighted by Crippen LogP contribution is -2.42. The van der Waals surface area contributed by atoms with E-state index in [1.807, 2.05) is 80.6 Å². The highest BCUT2D eigenvalue weighted by Gasteiger charge is 2.34. The van der Waals surface area contributed by atoms with Crippen LogP contribution in [0.1, 0.15) is 55.0 Å². The molecule has 0 amide bonds. The van der Waals surface area contributed by atoms with E-state index in [4.69, 9.17) is 11.6 Å². The summed E-state index contributed by atoms with van der Waals surface area (Å²) in [6.07, 6.45) is 4.03. The van der Waals surface area contributed by atoms with Crippen LogP contribution in [0, 0.1) is 28.1 Å². The maximum atomic E-state index is 10.1. The van der Waals surface area contributed by atoms with Gasteiger partial charge in [-0.2, -0.15) is 25.5 Å². The van der Waals surface area contributed by atoms with Gasteiger partial charge in [-0.15, -0.1) is 0 Å². The van der Waals surface area contributed by atoms with Crippen LogP contribution in [-0.4, -0.2) is 21.0 Å². The number of halogens is 1. The quantitative estimate of drug-likeness (QED) is 0.283. The third kappa shape index (κ3) is 6.24. The predicted molar refractivity (Wildman–Crippen MR) is 145 cm³/mol. The SMILES string of the molecule is C[C@H](NC(c1ccc(-n2nccn2)cc1)C(C)(C)C#N)[C@@H](Cc1ccc(Cl)cc1)c1cccc(C#N)c1. The van der Waals surface area contributed by atoms with E-state index in [2.05, 4.69) is 40.6 Å². The first-order valence-corrected chi connectivity index (χ1v) is 12.6. The minimum atomic E-state index is -0.681. The Balaban J connectivity index is 1.67. The van der Waals surface area contributed by atoms with Crippen molar-refractivity contribution in [3.63, 3.8) is 0 Å². The third-order valence-corrected chi connectivity index (χ3v) is 6.98. The number of aromatic nitrogens is 3. The van der Waals surface area contributed by atoms with Crippen LogP contribution < -0.4 is 5.32 Å². The van der Waals surface area contributed by atoms with Gasteiger partial charge in [-0.3, -0.25) is 0 Å². The second-order valence-electron chi connectivity index (χ2n) is 9.81. The molecule has 0 spiro atoms. The van der Waals surface area contributed by atoms with Crippen LogP contribution in [0.5, 0.6) is 0 Å². The van der Waals surface area contributed by atoms with Crippen molar-refractivity contribution in [1.29, 1.82) is 10.5 Å². The molecule has 4 rings (SSSR count). The zero-order valence-electron chi connectivity index (χ0n) is 21.1. The van der Waals surface area contributed by atoms with Crippen molar-refractivity contribution < 1.29 is 0 Å². The van der Waals surface area contributed by atoms with E-state index in [0.717, 1.165) is 28.8 Å². The summed E-state index contributed by atoms with van der Waals surface area (Å²) in [5.41, 5.74) is 4.02. The van der Waals surface area contributed by atoms with E-state index in [-0.39, 0.29) is 18.0 Å². The Morgan fingerprint density at radius 3 is 2.24 bits per heavy atom. The fourth-order valence-corrected chi connectivity index (χ4v) is 4.74. The molecule has 6 nitrogen and oxygen atoms in total. The maximum absolute atomic E-state index is 10.1. The Morgan fingerprint density at radius 2 is 1.62 bits per heavy atom. The number of nitrogens with zero attached hydrogens (tertiary/aromatic N) is 5. The lowest BCUT2D eigenvalue weighted by atomic mass is 9.79. The zero-order valence-corrected chi connectivity index (χ0v) is 21.9. The molecule has 1 N–H and O–H groups in total. The molecule has 0 fully saturated rings. The highest BCUT2D eigenvalue weighted by molar-refractivity contribution is 6.30. The Morgan fingerprint density at radius 1 is 0.946 bits per heavy atom. The molecule has 0 aliphatic rings. The van der Waals surface area contributed by atoms with Crippen LogP contribution in [0.25, 0.3) is 5.69 Å². The van der Waals surface area contributed by atoms with Gasteiger partial charge in [-0.25, -0.2) is 0 Å². The van der Waals surface area contributed by atoms with Crippen LogP contribution in [0.4, 0.5) is 0 Å². The van der Waals surface area contributed by atoms with Crippen LogP contribution in [-0.2, 0) is 6.42 Å². The summed E-state index contributed by atoms with van der Waals surface area (Å²) >= 11 is 6.13. The summed E-state index contributed by atoms with van der Waals surface area (Å²) in [6, 6.07) is 28.1. The Kier molecular flexibility index (Phi) is 8.04. The van der Waals surface area contributed by atoms with Gasteiger partial charge in [0.2, 0.25) is 0 Å². The molecule has 0 bridgehead atoms. The van der Waals surface area contributed by atoms with Gasteiger partial charge in [0, 0.05) is 17.0 Å². The van der Waals surface area contributed by atoms with E-state index >= 15 is 0 Å². The second-order valence-corrected chi connectivity index (χ2v) is 10.2. The molecule has 1 unspecified atom stereocenters. The number of benzene rings is 3. The Hall–Kier alpha value is -3.97. The molecule has 4 aromatic rings. The van der Waals surface area contributed by atoms with Crippen molar-refractivity contribution in [2.45, 2.75) is 45.2 Å². The molecule has 186 valence electrons. The smallest absolute Gasteiger partial charge is 0.0991 e. The maximum Gasteiger partial charge on any atom is 0.0991 e. The fraction of sp³-hybridized carbons (Fsp3) is 0.267. The summed E-state index contributed by atoms with van der Waals surface area (Å²) in [4.78, 5) is 1.56. The molecule has 0 saturated carbocycles. The first kappa shape index (κ1) is 26.1. The van der Waals surface area contributed by atoms with Crippen LogP contribution in [0.2, 0.25) is 5.02 Å². The van der Waals surface area contributed by atoms with E-state index in [0.29, 0.717) is 10.6 Å². The standard InChI is InChI=1S/C30H29ClN6/c1-21(28(18-22-7-11-26(31)12-8-22)25-6-4-5-23(17-25)19-32)36-29(30(2,3)20-33)24-9-13-27(14-10-24)37-34-15-16-35-37/h4-17,21,28-29,36H,18H2,1-3H3/t21-,28+,29?/m0/s1. The minimum Gasteiger partial charge on any atom is -0.305 e. The molecular weight excluding hydrogens is 480 g/mol. The molecule has 3 atom stereocenters. The van der Waals surface area contributed by atoms with Crippen molar-refractivity contribution in [3.8, 4) is 17.8 Å². The van der Waals surface area contributed by atoms with Crippen molar-refractivity contribution >= 4 is 11.6 Å². The van der Waals surface area contributed by atoms with Gasteiger partial charge in [-0.1, -0.05) is 48.0 Å². The average molecular weight is 509 g/mol. The van der Waals surface area contributed by atoms with Crippen LogP contribution >= 0.6 is 11.6 Å². The monoisotopic (exact) mass is 508 g/mol. The molecular formula is C30H29ClN6. The fourth-order valence-electron chi connectivity index (χ4n) is 4.61. The molecule has 0 saturated heterocycles. The summed E-state index contributed by atoms with van der Waals surface area (Å²) in [5, 5.41) is 32.4. The minimum absolute atomic E-state index is 0.0188. The first-order chi connectivity index (χ1) is 17.8. The van der Waals surface area contributed by atoms with E-state index in [1.54, 1.807) is 17.2 Å². The lowest BCUT2D eigenvalue weighted by Gasteiger charge is -2.36. The topological polar surface area (TPSA) is 90.3 Å². The molecule has 37 heavy (non-hydrogen) atoms. The van der Waals surface area contributed by atoms with E-state index in [9.17, 15) is 10.5 Å². The summed E-state index contributed by atoms with van der Waals surface area (Å²) in [7, 11) is 0. The van der Waals surface area contributed by atoms with Crippen molar-refractivity contribution in [2.24, 2.45) is 5.41 Å². The molecule has 3 aromatic carbocycles. The van der Waals surface area contributed by atoms with Crippen LogP contribution in [0.3, 0.4) is 0 Å². The van der Waals surface area contributed by atoms with Crippen molar-refractivity contribution in [2.75, 3.05) is 0 Å². The zero-order chi connectivity index (χ0) is 26.4. The summed E-state index contributed by atoms with van der Waals surface area (Å²) in [6.45, 7) is 6.04. The van der Waals surface area contributed by atoms with Gasteiger partial charge in [0.05, 0.1) is 47.2 Å². The van der Waals surface area contributed by atoms with Crippen molar-refractivity contribution in [1.82, 2.24) is 20.3 Å².